The number of nitrogens with zero attached hydrogens (tertiary/aromatic N) is 3. The van der Waals surface area contributed by atoms with Crippen LogP contribution in [-0.4, -0.2) is 15.0 Å². The van der Waals surface area contributed by atoms with Crippen molar-refractivity contribution in [2.24, 2.45) is 0 Å². The molecule has 12 rings (SSSR count). The molecule has 0 fully saturated rings. The summed E-state index contributed by atoms with van der Waals surface area (Å²) < 4.78 is 2.58. The second kappa shape index (κ2) is 11.7. The zero-order valence-corrected chi connectivity index (χ0v) is 30.3. The molecule has 0 N–H and O–H groups in total. The summed E-state index contributed by atoms with van der Waals surface area (Å²) in [5.41, 5.74) is 10.5. The number of hydrogen-bond donors (Lipinski definition) is 0. The zero-order chi connectivity index (χ0) is 36.0. The van der Waals surface area contributed by atoms with Gasteiger partial charge in [0.1, 0.15) is 0 Å². The van der Waals surface area contributed by atoms with E-state index in [1.807, 2.05) is 29.5 Å². The van der Waals surface area contributed by atoms with Gasteiger partial charge in [0.15, 0.2) is 17.5 Å². The maximum absolute atomic E-state index is 5.27. The molecule has 11 aromatic rings. The lowest BCUT2D eigenvalue weighted by molar-refractivity contribution is 1.08. The van der Waals surface area contributed by atoms with Crippen LogP contribution < -0.4 is 0 Å². The molecule has 0 aliphatic heterocycles. The Morgan fingerprint density at radius 3 is 1.78 bits per heavy atom. The Balaban J connectivity index is 1.18. The van der Waals surface area contributed by atoms with Crippen LogP contribution in [0.2, 0.25) is 0 Å². The normalized spacial score (nSPS) is 12.0. The van der Waals surface area contributed by atoms with Crippen molar-refractivity contribution in [2.45, 2.75) is 0 Å². The predicted octanol–water partition coefficient (Wildman–Crippen LogP) is 14.0. The summed E-state index contributed by atoms with van der Waals surface area (Å²) in [6.45, 7) is 0. The third kappa shape index (κ3) is 4.65. The number of fused-ring (bicyclic) bond motifs is 8. The molecule has 0 bridgehead atoms. The van der Waals surface area contributed by atoms with E-state index in [0.717, 1.165) is 27.5 Å². The fourth-order valence-corrected chi connectivity index (χ4v) is 9.90. The molecule has 0 atom stereocenters. The van der Waals surface area contributed by atoms with Gasteiger partial charge >= 0.3 is 0 Å². The quantitative estimate of drug-likeness (QED) is 0.182. The van der Waals surface area contributed by atoms with Crippen molar-refractivity contribution in [3.8, 4) is 67.5 Å². The average molecular weight is 716 g/mol. The monoisotopic (exact) mass is 715 g/mol. The van der Waals surface area contributed by atoms with Crippen molar-refractivity contribution in [1.82, 2.24) is 15.0 Å². The molecule has 1 aliphatic carbocycles. The molecule has 2 aromatic heterocycles. The van der Waals surface area contributed by atoms with Gasteiger partial charge in [-0.25, -0.2) is 15.0 Å². The Morgan fingerprint density at radius 1 is 0.309 bits per heavy atom. The van der Waals surface area contributed by atoms with E-state index in [4.69, 9.17) is 15.0 Å². The van der Waals surface area contributed by atoms with Gasteiger partial charge in [-0.15, -0.1) is 11.3 Å². The van der Waals surface area contributed by atoms with Crippen LogP contribution >= 0.6 is 11.3 Å². The van der Waals surface area contributed by atoms with Crippen LogP contribution in [0.3, 0.4) is 0 Å². The first-order chi connectivity index (χ1) is 27.2. The second-order valence-electron chi connectivity index (χ2n) is 14.3. The van der Waals surface area contributed by atoms with Crippen molar-refractivity contribution < 1.29 is 0 Å². The van der Waals surface area contributed by atoms with Gasteiger partial charge in [-0.05, 0) is 90.5 Å². The van der Waals surface area contributed by atoms with Gasteiger partial charge in [0.05, 0.1) is 0 Å². The van der Waals surface area contributed by atoms with E-state index in [1.165, 1.54) is 75.1 Å². The highest BCUT2D eigenvalue weighted by Gasteiger charge is 2.29. The van der Waals surface area contributed by atoms with Gasteiger partial charge < -0.3 is 0 Å². The van der Waals surface area contributed by atoms with Crippen LogP contribution in [0.25, 0.3) is 120 Å². The Bertz CT molecular complexity index is 3380. The first-order valence-corrected chi connectivity index (χ1v) is 19.4. The van der Waals surface area contributed by atoms with Gasteiger partial charge in [0, 0.05) is 42.4 Å². The number of thiophene rings is 1. The molecule has 9 aromatic carbocycles. The van der Waals surface area contributed by atoms with E-state index in [2.05, 4.69) is 158 Å². The molecule has 0 spiro atoms. The molecule has 55 heavy (non-hydrogen) atoms. The van der Waals surface area contributed by atoms with Crippen molar-refractivity contribution >= 4 is 63.8 Å². The van der Waals surface area contributed by atoms with Crippen LogP contribution in [0.1, 0.15) is 0 Å². The largest absolute Gasteiger partial charge is 0.208 e. The van der Waals surface area contributed by atoms with Gasteiger partial charge in [0.25, 0.3) is 0 Å². The maximum atomic E-state index is 5.27. The second-order valence-corrected chi connectivity index (χ2v) is 15.4. The van der Waals surface area contributed by atoms with Crippen LogP contribution in [0.5, 0.6) is 0 Å². The Labute approximate surface area is 320 Å². The Kier molecular flexibility index (Phi) is 6.50. The van der Waals surface area contributed by atoms with E-state index < -0.39 is 0 Å². The van der Waals surface area contributed by atoms with E-state index >= 15 is 0 Å². The summed E-state index contributed by atoms with van der Waals surface area (Å²) in [4.78, 5) is 15.6. The summed E-state index contributed by atoms with van der Waals surface area (Å²) in [6.07, 6.45) is 0. The lowest BCUT2D eigenvalue weighted by atomic mass is 9.86. The lowest BCUT2D eigenvalue weighted by Gasteiger charge is -2.17. The third-order valence-electron chi connectivity index (χ3n) is 11.2. The van der Waals surface area contributed by atoms with Crippen LogP contribution in [0.15, 0.2) is 176 Å². The highest BCUT2D eigenvalue weighted by Crippen LogP contribution is 2.56. The number of hydrogen-bond acceptors (Lipinski definition) is 4. The number of benzene rings is 9. The van der Waals surface area contributed by atoms with E-state index in [-0.39, 0.29) is 0 Å². The molecule has 4 heteroatoms. The molecular formula is C51H29N3S. The first-order valence-electron chi connectivity index (χ1n) is 18.6. The summed E-state index contributed by atoms with van der Waals surface area (Å²) in [5.74, 6) is 1.95. The number of rotatable bonds is 4. The predicted molar refractivity (Wildman–Crippen MR) is 231 cm³/mol. The molecule has 1 aliphatic rings. The van der Waals surface area contributed by atoms with Gasteiger partial charge in [-0.2, -0.15) is 0 Å². The lowest BCUT2D eigenvalue weighted by Crippen LogP contribution is -2.00. The zero-order valence-electron chi connectivity index (χ0n) is 29.5. The fourth-order valence-electron chi connectivity index (χ4n) is 8.75. The van der Waals surface area contributed by atoms with Gasteiger partial charge in [-0.3, -0.25) is 0 Å². The van der Waals surface area contributed by atoms with E-state index in [1.54, 1.807) is 0 Å². The van der Waals surface area contributed by atoms with Crippen molar-refractivity contribution in [3.05, 3.63) is 176 Å². The number of aromatic nitrogens is 3. The van der Waals surface area contributed by atoms with E-state index in [9.17, 15) is 0 Å². The van der Waals surface area contributed by atoms with Crippen molar-refractivity contribution in [1.29, 1.82) is 0 Å². The molecule has 0 saturated carbocycles. The summed E-state index contributed by atoms with van der Waals surface area (Å²) >= 11 is 1.88. The summed E-state index contributed by atoms with van der Waals surface area (Å²) in [6, 6.07) is 63.2. The van der Waals surface area contributed by atoms with Gasteiger partial charge in [-0.1, -0.05) is 146 Å². The molecule has 0 amide bonds. The minimum Gasteiger partial charge on any atom is -0.208 e. The minimum atomic E-state index is 0.647. The first kappa shape index (κ1) is 30.5. The molecule has 254 valence electrons. The van der Waals surface area contributed by atoms with Crippen LogP contribution in [-0.2, 0) is 0 Å². The van der Waals surface area contributed by atoms with Crippen molar-refractivity contribution in [3.63, 3.8) is 0 Å². The molecule has 3 nitrogen and oxygen atoms in total. The molecular weight excluding hydrogens is 687 g/mol. The highest BCUT2D eigenvalue weighted by atomic mass is 32.1. The topological polar surface area (TPSA) is 38.7 Å². The smallest absolute Gasteiger partial charge is 0.164 e. The third-order valence-corrected chi connectivity index (χ3v) is 12.3. The Hall–Kier alpha value is -7.01. The van der Waals surface area contributed by atoms with Crippen molar-refractivity contribution in [2.75, 3.05) is 0 Å². The fraction of sp³-hybridized carbons (Fsp3) is 0. The molecule has 0 saturated heterocycles. The van der Waals surface area contributed by atoms with Crippen LogP contribution in [0, 0.1) is 0 Å². The molecule has 0 unspecified atom stereocenters. The maximum Gasteiger partial charge on any atom is 0.164 e. The molecule has 2 heterocycles. The molecule has 0 radical (unpaired) electrons. The summed E-state index contributed by atoms with van der Waals surface area (Å²) in [5, 5.41) is 9.85. The highest BCUT2D eigenvalue weighted by molar-refractivity contribution is 7.26. The average Bonchev–Trinajstić information content (AvgIpc) is 3.79. The SMILES string of the molecule is c1ccc(-c2nc(-c3ccc4ccccc4c3)nc(-c3cc(-c4c5c(cc6sc7ccccc7c46)-c4cccc6cccc-5c46)c4ccccc4c3)n2)cc1. The Morgan fingerprint density at radius 2 is 0.945 bits per heavy atom. The standard InChI is InChI=1S/C51H29N3S/c1-2-13-32(14-3-1)49-52-50(35-25-24-30-12-4-5-15-33(30)26-35)54-51(53-49)36-27-34-16-6-7-19-37(34)41(28-36)48-46-40-22-11-18-31-17-10-21-38(45(31)40)42(46)29-44-47(48)39-20-8-9-23-43(39)55-44/h1-29H. The summed E-state index contributed by atoms with van der Waals surface area (Å²) in [7, 11) is 0. The minimum absolute atomic E-state index is 0.647. The van der Waals surface area contributed by atoms with Gasteiger partial charge in [0.2, 0.25) is 0 Å². The van der Waals surface area contributed by atoms with E-state index in [0.29, 0.717) is 17.5 Å². The van der Waals surface area contributed by atoms with Crippen LogP contribution in [0.4, 0.5) is 0 Å².